The van der Waals surface area contributed by atoms with Crippen molar-refractivity contribution in [1.29, 1.82) is 0 Å². The summed E-state index contributed by atoms with van der Waals surface area (Å²) in [6.45, 7) is 1.93. The SMILES string of the molecule is CCOC(=O)C1=CSc2ccccc2C(=O)N1N. The number of hydrogen-bond acceptors (Lipinski definition) is 5. The molecule has 5 nitrogen and oxygen atoms in total. The van der Waals surface area contributed by atoms with Crippen molar-refractivity contribution in [3.8, 4) is 0 Å². The Morgan fingerprint density at radius 3 is 2.89 bits per heavy atom. The second kappa shape index (κ2) is 5.24. The summed E-state index contributed by atoms with van der Waals surface area (Å²) in [4.78, 5) is 24.5. The third-order valence-corrected chi connectivity index (χ3v) is 3.33. The minimum Gasteiger partial charge on any atom is -0.461 e. The zero-order chi connectivity index (χ0) is 13.1. The lowest BCUT2D eigenvalue weighted by Crippen LogP contribution is -2.39. The predicted octanol–water partition coefficient (Wildman–Crippen LogP) is 1.51. The van der Waals surface area contributed by atoms with Crippen LogP contribution in [0.3, 0.4) is 0 Å². The molecule has 1 aliphatic rings. The molecule has 1 amide bonds. The number of nitrogens with zero attached hydrogens (tertiary/aromatic N) is 1. The average Bonchev–Trinajstić information content (AvgIpc) is 2.50. The largest absolute Gasteiger partial charge is 0.461 e. The molecule has 1 aromatic rings. The lowest BCUT2D eigenvalue weighted by molar-refractivity contribution is -0.140. The minimum atomic E-state index is -0.603. The van der Waals surface area contributed by atoms with Crippen molar-refractivity contribution in [3.63, 3.8) is 0 Å². The number of thioether (sulfide) groups is 1. The van der Waals surface area contributed by atoms with E-state index in [4.69, 9.17) is 10.6 Å². The quantitative estimate of drug-likeness (QED) is 0.498. The van der Waals surface area contributed by atoms with E-state index >= 15 is 0 Å². The van der Waals surface area contributed by atoms with E-state index in [1.165, 1.54) is 17.2 Å². The first-order chi connectivity index (χ1) is 8.65. The molecule has 0 saturated heterocycles. The van der Waals surface area contributed by atoms with Gasteiger partial charge in [0.05, 0.1) is 12.2 Å². The fourth-order valence-electron chi connectivity index (χ4n) is 1.51. The number of nitrogens with two attached hydrogens (primary N) is 1. The molecule has 94 valence electrons. The van der Waals surface area contributed by atoms with E-state index in [1.54, 1.807) is 25.1 Å². The highest BCUT2D eigenvalue weighted by Gasteiger charge is 2.27. The van der Waals surface area contributed by atoms with Crippen LogP contribution in [0.25, 0.3) is 0 Å². The highest BCUT2D eigenvalue weighted by atomic mass is 32.2. The van der Waals surface area contributed by atoms with E-state index < -0.39 is 11.9 Å². The zero-order valence-corrected chi connectivity index (χ0v) is 10.6. The molecule has 1 aliphatic heterocycles. The summed E-state index contributed by atoms with van der Waals surface area (Å²) in [6, 6.07) is 7.05. The first-order valence-corrected chi connectivity index (χ1v) is 6.25. The van der Waals surface area contributed by atoms with E-state index in [0.717, 1.165) is 9.90 Å². The molecule has 0 saturated carbocycles. The van der Waals surface area contributed by atoms with Gasteiger partial charge in [0.2, 0.25) is 0 Å². The van der Waals surface area contributed by atoms with E-state index in [-0.39, 0.29) is 12.3 Å². The van der Waals surface area contributed by atoms with Crippen LogP contribution in [0.5, 0.6) is 0 Å². The van der Waals surface area contributed by atoms with Crippen LogP contribution in [0.2, 0.25) is 0 Å². The van der Waals surface area contributed by atoms with E-state index in [2.05, 4.69) is 0 Å². The van der Waals surface area contributed by atoms with Crippen LogP contribution in [0.4, 0.5) is 0 Å². The smallest absolute Gasteiger partial charge is 0.357 e. The van der Waals surface area contributed by atoms with Gasteiger partial charge in [-0.3, -0.25) is 4.79 Å². The molecule has 1 heterocycles. The van der Waals surface area contributed by atoms with Crippen molar-refractivity contribution in [2.75, 3.05) is 6.61 Å². The molecule has 18 heavy (non-hydrogen) atoms. The number of esters is 1. The van der Waals surface area contributed by atoms with Gasteiger partial charge in [-0.1, -0.05) is 23.9 Å². The van der Waals surface area contributed by atoms with Crippen LogP contribution in [-0.2, 0) is 9.53 Å². The van der Waals surface area contributed by atoms with Gasteiger partial charge in [0, 0.05) is 10.3 Å². The molecule has 0 fully saturated rings. The van der Waals surface area contributed by atoms with Crippen molar-refractivity contribution < 1.29 is 14.3 Å². The summed E-state index contributed by atoms with van der Waals surface area (Å²) < 4.78 is 4.86. The first kappa shape index (κ1) is 12.7. The van der Waals surface area contributed by atoms with Crippen molar-refractivity contribution in [2.45, 2.75) is 11.8 Å². The number of ether oxygens (including phenoxy) is 1. The Kier molecular flexibility index (Phi) is 3.69. The number of amides is 1. The van der Waals surface area contributed by atoms with E-state index in [1.807, 2.05) is 6.07 Å². The Balaban J connectivity index is 2.37. The maximum absolute atomic E-state index is 12.1. The third kappa shape index (κ3) is 2.25. The molecule has 6 heteroatoms. The van der Waals surface area contributed by atoms with Crippen LogP contribution < -0.4 is 5.84 Å². The molecule has 0 spiro atoms. The highest BCUT2D eigenvalue weighted by Crippen LogP contribution is 2.30. The number of carbonyl (C=O) groups is 2. The average molecular weight is 264 g/mol. The molecule has 0 aromatic heterocycles. The number of benzene rings is 1. The van der Waals surface area contributed by atoms with E-state index in [0.29, 0.717) is 5.56 Å². The van der Waals surface area contributed by atoms with Crippen molar-refractivity contribution in [2.24, 2.45) is 5.84 Å². The monoisotopic (exact) mass is 264 g/mol. The van der Waals surface area contributed by atoms with Crippen molar-refractivity contribution in [3.05, 3.63) is 40.9 Å². The molecule has 0 radical (unpaired) electrons. The van der Waals surface area contributed by atoms with Gasteiger partial charge in [0.15, 0.2) is 5.70 Å². The Bertz CT molecular complexity index is 528. The van der Waals surface area contributed by atoms with Crippen LogP contribution in [-0.4, -0.2) is 23.5 Å². The van der Waals surface area contributed by atoms with Gasteiger partial charge in [-0.2, -0.15) is 0 Å². The number of rotatable bonds is 2. The fraction of sp³-hybridized carbons (Fsp3) is 0.167. The number of hydrogen-bond donors (Lipinski definition) is 1. The summed E-state index contributed by atoms with van der Waals surface area (Å²) in [5, 5.41) is 2.36. The maximum Gasteiger partial charge on any atom is 0.357 e. The van der Waals surface area contributed by atoms with Gasteiger partial charge in [-0.05, 0) is 19.1 Å². The summed E-state index contributed by atoms with van der Waals surface area (Å²) >= 11 is 1.27. The third-order valence-electron chi connectivity index (χ3n) is 2.38. The topological polar surface area (TPSA) is 72.6 Å². The second-order valence-electron chi connectivity index (χ2n) is 3.51. The molecule has 2 N–H and O–H groups in total. The first-order valence-electron chi connectivity index (χ1n) is 5.37. The van der Waals surface area contributed by atoms with Gasteiger partial charge < -0.3 is 4.74 Å². The molecule has 0 unspecified atom stereocenters. The van der Waals surface area contributed by atoms with Crippen molar-refractivity contribution >= 4 is 23.6 Å². The Hall–Kier alpha value is -1.79. The molecule has 0 aliphatic carbocycles. The minimum absolute atomic E-state index is 0.0445. The van der Waals surface area contributed by atoms with Gasteiger partial charge >= 0.3 is 5.97 Å². The summed E-state index contributed by atoms with van der Waals surface area (Å²) in [5.41, 5.74) is 0.517. The zero-order valence-electron chi connectivity index (χ0n) is 9.75. The lowest BCUT2D eigenvalue weighted by atomic mass is 10.2. The van der Waals surface area contributed by atoms with E-state index in [9.17, 15) is 9.59 Å². The van der Waals surface area contributed by atoms with Crippen LogP contribution in [0, 0.1) is 0 Å². The maximum atomic E-state index is 12.1. The number of fused-ring (bicyclic) bond motifs is 1. The number of carbonyl (C=O) groups excluding carboxylic acids is 2. The summed E-state index contributed by atoms with van der Waals surface area (Å²) in [6.07, 6.45) is 0. The summed E-state index contributed by atoms with van der Waals surface area (Å²) in [5.74, 6) is 4.65. The van der Waals surface area contributed by atoms with Gasteiger partial charge in [0.25, 0.3) is 5.91 Å². The molecular formula is C12H12N2O3S. The van der Waals surface area contributed by atoms with Crippen molar-refractivity contribution in [1.82, 2.24) is 5.01 Å². The van der Waals surface area contributed by atoms with Crippen LogP contribution in [0.15, 0.2) is 40.3 Å². The molecular weight excluding hydrogens is 252 g/mol. The Morgan fingerprint density at radius 1 is 1.44 bits per heavy atom. The van der Waals surface area contributed by atoms with Gasteiger partial charge in [0.1, 0.15) is 0 Å². The van der Waals surface area contributed by atoms with Gasteiger partial charge in [-0.25, -0.2) is 15.6 Å². The van der Waals surface area contributed by atoms with Gasteiger partial charge in [-0.15, -0.1) is 0 Å². The molecule has 2 rings (SSSR count). The summed E-state index contributed by atoms with van der Waals surface area (Å²) in [7, 11) is 0. The fourth-order valence-corrected chi connectivity index (χ4v) is 2.40. The molecule has 1 aromatic carbocycles. The standard InChI is InChI=1S/C12H12N2O3S/c1-2-17-12(16)9-7-18-10-6-4-3-5-8(10)11(15)14(9)13/h3-7H,2,13H2,1H3. The predicted molar refractivity (Wildman–Crippen MR) is 67.4 cm³/mol. The van der Waals surface area contributed by atoms with Crippen LogP contribution in [0.1, 0.15) is 17.3 Å². The highest BCUT2D eigenvalue weighted by molar-refractivity contribution is 8.02. The lowest BCUT2D eigenvalue weighted by Gasteiger charge is -2.16. The van der Waals surface area contributed by atoms with Crippen LogP contribution >= 0.6 is 11.8 Å². The molecule has 0 atom stereocenters. The normalized spacial score (nSPS) is 14.7. The Labute approximate surface area is 109 Å². The Morgan fingerprint density at radius 2 is 2.17 bits per heavy atom. The number of hydrazine groups is 1. The second-order valence-corrected chi connectivity index (χ2v) is 4.42. The molecule has 0 bridgehead atoms.